The van der Waals surface area contributed by atoms with Crippen LogP contribution in [0.4, 0.5) is 0 Å². The number of rotatable bonds is 4. The molecule has 0 radical (unpaired) electrons. The number of aryl methyl sites for hydroxylation is 1. The molecule has 0 saturated carbocycles. The van der Waals surface area contributed by atoms with Gasteiger partial charge in [0.2, 0.25) is 0 Å². The van der Waals surface area contributed by atoms with Crippen LogP contribution in [0.5, 0.6) is 0 Å². The first-order valence-electron chi connectivity index (χ1n) is 5.52. The van der Waals surface area contributed by atoms with Crippen LogP contribution in [-0.2, 0) is 0 Å². The third-order valence-corrected chi connectivity index (χ3v) is 4.31. The summed E-state index contributed by atoms with van der Waals surface area (Å²) in [5, 5.41) is 0. The van der Waals surface area contributed by atoms with Crippen LogP contribution in [0.1, 0.15) is 30.8 Å². The van der Waals surface area contributed by atoms with Gasteiger partial charge in [0.15, 0.2) is 4.34 Å². The molecule has 0 unspecified atom stereocenters. The largest absolute Gasteiger partial charge is 0.324 e. The second-order valence-corrected chi connectivity index (χ2v) is 5.87. The van der Waals surface area contributed by atoms with Gasteiger partial charge in [-0.1, -0.05) is 30.8 Å². The lowest BCUT2D eigenvalue weighted by atomic mass is 10.1. The van der Waals surface area contributed by atoms with Gasteiger partial charge in [-0.2, -0.15) is 4.37 Å². The summed E-state index contributed by atoms with van der Waals surface area (Å²) < 4.78 is 5.14. The Morgan fingerprint density at radius 1 is 1.35 bits per heavy atom. The van der Waals surface area contributed by atoms with E-state index in [-0.39, 0.29) is 6.04 Å². The highest BCUT2D eigenvalue weighted by Crippen LogP contribution is 2.29. The fraction of sp³-hybridized carbons (Fsp3) is 0.333. The molecule has 1 aromatic heterocycles. The zero-order chi connectivity index (χ0) is 12.3. The van der Waals surface area contributed by atoms with E-state index >= 15 is 0 Å². The SMILES string of the molecule is CC[C@H](N)c1ccc(Sc2nc(C)ns2)cc1. The predicted molar refractivity (Wildman–Crippen MR) is 72.4 cm³/mol. The van der Waals surface area contributed by atoms with E-state index in [4.69, 9.17) is 5.73 Å². The van der Waals surface area contributed by atoms with Crippen LogP contribution in [-0.4, -0.2) is 9.36 Å². The van der Waals surface area contributed by atoms with Crippen molar-refractivity contribution in [2.45, 2.75) is 35.5 Å². The summed E-state index contributed by atoms with van der Waals surface area (Å²) in [7, 11) is 0. The first kappa shape index (κ1) is 12.5. The van der Waals surface area contributed by atoms with Gasteiger partial charge in [0, 0.05) is 10.9 Å². The number of hydrogen-bond donors (Lipinski definition) is 1. The van der Waals surface area contributed by atoms with E-state index in [1.54, 1.807) is 11.8 Å². The average Bonchev–Trinajstić information content (AvgIpc) is 2.75. The van der Waals surface area contributed by atoms with Crippen molar-refractivity contribution in [1.82, 2.24) is 9.36 Å². The fourth-order valence-corrected chi connectivity index (χ4v) is 3.06. The van der Waals surface area contributed by atoms with E-state index in [9.17, 15) is 0 Å². The topological polar surface area (TPSA) is 51.8 Å². The predicted octanol–water partition coefficient (Wildman–Crippen LogP) is 3.41. The van der Waals surface area contributed by atoms with Crippen molar-refractivity contribution in [2.75, 3.05) is 0 Å². The molecule has 2 N–H and O–H groups in total. The van der Waals surface area contributed by atoms with Gasteiger partial charge in [0.05, 0.1) is 0 Å². The molecule has 2 rings (SSSR count). The minimum absolute atomic E-state index is 0.137. The maximum Gasteiger partial charge on any atom is 0.174 e. The fourth-order valence-electron chi connectivity index (χ4n) is 1.44. The second-order valence-electron chi connectivity index (χ2n) is 3.79. The maximum atomic E-state index is 5.97. The van der Waals surface area contributed by atoms with Crippen molar-refractivity contribution in [3.8, 4) is 0 Å². The molecule has 0 aliphatic carbocycles. The maximum absolute atomic E-state index is 5.97. The molecule has 2 aromatic rings. The van der Waals surface area contributed by atoms with Crippen LogP contribution in [0, 0.1) is 6.92 Å². The number of hydrogen-bond acceptors (Lipinski definition) is 5. The lowest BCUT2D eigenvalue weighted by molar-refractivity contribution is 0.698. The number of aromatic nitrogens is 2. The highest BCUT2D eigenvalue weighted by molar-refractivity contribution is 8.01. The summed E-state index contributed by atoms with van der Waals surface area (Å²) in [4.78, 5) is 5.50. The van der Waals surface area contributed by atoms with Gasteiger partial charge in [-0.15, -0.1) is 0 Å². The van der Waals surface area contributed by atoms with Crippen LogP contribution >= 0.6 is 23.3 Å². The van der Waals surface area contributed by atoms with Crippen molar-refractivity contribution in [3.05, 3.63) is 35.7 Å². The molecule has 0 spiro atoms. The zero-order valence-electron chi connectivity index (χ0n) is 9.88. The Labute approximate surface area is 110 Å². The molecule has 3 nitrogen and oxygen atoms in total. The lowest BCUT2D eigenvalue weighted by Crippen LogP contribution is -2.07. The Hall–Kier alpha value is -0.910. The first-order valence-corrected chi connectivity index (χ1v) is 7.11. The summed E-state index contributed by atoms with van der Waals surface area (Å²) in [6.45, 7) is 4.00. The van der Waals surface area contributed by atoms with E-state index in [0.29, 0.717) is 0 Å². The van der Waals surface area contributed by atoms with Gasteiger partial charge < -0.3 is 5.73 Å². The third-order valence-electron chi connectivity index (χ3n) is 2.46. The number of nitrogens with two attached hydrogens (primary N) is 1. The Morgan fingerprint density at radius 3 is 2.59 bits per heavy atom. The number of nitrogens with zero attached hydrogens (tertiary/aromatic N) is 2. The summed E-state index contributed by atoms with van der Waals surface area (Å²) in [5.74, 6) is 0.835. The Bertz CT molecular complexity index is 479. The highest BCUT2D eigenvalue weighted by Gasteiger charge is 2.05. The molecule has 5 heteroatoms. The second kappa shape index (κ2) is 5.62. The zero-order valence-corrected chi connectivity index (χ0v) is 11.5. The molecule has 0 fully saturated rings. The minimum Gasteiger partial charge on any atom is -0.324 e. The summed E-state index contributed by atoms with van der Waals surface area (Å²) in [5.41, 5.74) is 7.16. The van der Waals surface area contributed by atoms with E-state index in [1.807, 2.05) is 6.92 Å². The van der Waals surface area contributed by atoms with E-state index in [1.165, 1.54) is 22.0 Å². The molecule has 0 amide bonds. The molecule has 1 aromatic carbocycles. The third kappa shape index (κ3) is 3.28. The van der Waals surface area contributed by atoms with Crippen molar-refractivity contribution in [3.63, 3.8) is 0 Å². The van der Waals surface area contributed by atoms with Crippen LogP contribution in [0.3, 0.4) is 0 Å². The molecule has 1 heterocycles. The monoisotopic (exact) mass is 265 g/mol. The van der Waals surface area contributed by atoms with Crippen molar-refractivity contribution in [1.29, 1.82) is 0 Å². The van der Waals surface area contributed by atoms with Gasteiger partial charge in [-0.3, -0.25) is 0 Å². The quantitative estimate of drug-likeness (QED) is 0.920. The van der Waals surface area contributed by atoms with Gasteiger partial charge in [0.25, 0.3) is 0 Å². The molecule has 90 valence electrons. The van der Waals surface area contributed by atoms with E-state index < -0.39 is 0 Å². The molecule has 0 saturated heterocycles. The molecule has 0 aliphatic rings. The average molecular weight is 265 g/mol. The summed E-state index contributed by atoms with van der Waals surface area (Å²) in [6.07, 6.45) is 0.960. The molecule has 0 bridgehead atoms. The van der Waals surface area contributed by atoms with Crippen LogP contribution in [0.2, 0.25) is 0 Å². The smallest absolute Gasteiger partial charge is 0.174 e. The molecule has 17 heavy (non-hydrogen) atoms. The van der Waals surface area contributed by atoms with Crippen molar-refractivity contribution < 1.29 is 0 Å². The van der Waals surface area contributed by atoms with E-state index in [2.05, 4.69) is 40.5 Å². The minimum atomic E-state index is 0.137. The van der Waals surface area contributed by atoms with Gasteiger partial charge in [-0.25, -0.2) is 4.98 Å². The molecular formula is C12H15N3S2. The Balaban J connectivity index is 2.08. The van der Waals surface area contributed by atoms with Gasteiger partial charge >= 0.3 is 0 Å². The van der Waals surface area contributed by atoms with Crippen LogP contribution in [0.15, 0.2) is 33.5 Å². The van der Waals surface area contributed by atoms with Gasteiger partial charge in [-0.05, 0) is 42.6 Å². The standard InChI is InChI=1S/C12H15N3S2/c1-3-11(13)9-4-6-10(7-5-9)16-12-14-8(2)15-17-12/h4-7,11H,3,13H2,1-2H3/t11-/m0/s1. The molecular weight excluding hydrogens is 250 g/mol. The lowest BCUT2D eigenvalue weighted by Gasteiger charge is -2.09. The van der Waals surface area contributed by atoms with E-state index in [0.717, 1.165) is 16.6 Å². The van der Waals surface area contributed by atoms with Crippen molar-refractivity contribution >= 4 is 23.3 Å². The van der Waals surface area contributed by atoms with Crippen LogP contribution < -0.4 is 5.73 Å². The number of benzene rings is 1. The highest BCUT2D eigenvalue weighted by atomic mass is 32.2. The summed E-state index contributed by atoms with van der Waals surface area (Å²) in [6, 6.07) is 8.49. The molecule has 1 atom stereocenters. The normalized spacial score (nSPS) is 12.6. The van der Waals surface area contributed by atoms with Gasteiger partial charge in [0.1, 0.15) is 5.82 Å². The Kier molecular flexibility index (Phi) is 4.15. The van der Waals surface area contributed by atoms with Crippen LogP contribution in [0.25, 0.3) is 0 Å². The van der Waals surface area contributed by atoms with Crippen molar-refractivity contribution in [2.24, 2.45) is 5.73 Å². The first-order chi connectivity index (χ1) is 8.19. The molecule has 0 aliphatic heterocycles. The summed E-state index contributed by atoms with van der Waals surface area (Å²) >= 11 is 3.08. The Morgan fingerprint density at radius 2 is 2.06 bits per heavy atom.